The van der Waals surface area contributed by atoms with Crippen molar-refractivity contribution in [2.45, 2.75) is 26.7 Å². The van der Waals surface area contributed by atoms with Gasteiger partial charge in [0.05, 0.1) is 6.61 Å². The van der Waals surface area contributed by atoms with Crippen LogP contribution in [0.3, 0.4) is 0 Å². The quantitative estimate of drug-likeness (QED) is 0.231. The van der Waals surface area contributed by atoms with Crippen LogP contribution in [0, 0.1) is 0 Å². The number of phosphoric acid groups is 1. The molecule has 2 N–H and O–H groups in total. The summed E-state index contributed by atoms with van der Waals surface area (Å²) in [6.07, 6.45) is 2.05. The molecule has 0 aliphatic rings. The third kappa shape index (κ3) is 54.2. The van der Waals surface area contributed by atoms with Crippen molar-refractivity contribution >= 4 is 13.8 Å². The van der Waals surface area contributed by atoms with E-state index in [0.717, 1.165) is 12.8 Å². The fourth-order valence-electron chi connectivity index (χ4n) is 0.360. The molecule has 0 amide bonds. The molecule has 0 saturated heterocycles. The molecule has 0 fully saturated rings. The van der Waals surface area contributed by atoms with E-state index in [-0.39, 0.29) is 35.5 Å². The van der Waals surface area contributed by atoms with E-state index in [1.54, 1.807) is 0 Å². The minimum atomic E-state index is -4.89. The van der Waals surface area contributed by atoms with E-state index >= 15 is 0 Å². The summed E-state index contributed by atoms with van der Waals surface area (Å²) in [7, 11) is -4.89. The van der Waals surface area contributed by atoms with Crippen LogP contribution in [0.2, 0.25) is 0 Å². The van der Waals surface area contributed by atoms with Gasteiger partial charge >= 0.3 is 35.5 Å². The van der Waals surface area contributed by atoms with Crippen molar-refractivity contribution in [1.29, 1.82) is 0 Å². The Morgan fingerprint density at radius 3 is 2.07 bits per heavy atom. The molecular formula is C6H14NaO6P. The monoisotopic (exact) mass is 236 g/mol. The minimum Gasteiger partial charge on any atom is -0.756 e. The average molecular weight is 236 g/mol. The maximum atomic E-state index is 10.1. The second kappa shape index (κ2) is 11.7. The van der Waals surface area contributed by atoms with Crippen molar-refractivity contribution in [2.75, 3.05) is 6.61 Å². The van der Waals surface area contributed by atoms with Gasteiger partial charge in [0.2, 0.25) is 0 Å². The molecular weight excluding hydrogens is 222 g/mol. The molecule has 0 aliphatic heterocycles. The summed E-state index contributed by atoms with van der Waals surface area (Å²) in [5.41, 5.74) is 0. The largest absolute Gasteiger partial charge is 1.00 e. The Labute approximate surface area is 105 Å². The molecule has 0 aliphatic carbocycles. The van der Waals surface area contributed by atoms with Crippen LogP contribution in [-0.2, 0) is 14.1 Å². The summed E-state index contributed by atoms with van der Waals surface area (Å²) >= 11 is 0. The Bertz CT molecular complexity index is 171. The van der Waals surface area contributed by atoms with E-state index in [0.29, 0.717) is 6.61 Å². The van der Waals surface area contributed by atoms with Crippen molar-refractivity contribution in [3.05, 3.63) is 0 Å². The Balaban J connectivity index is -0.000000177. The molecule has 0 spiro atoms. The first-order valence-electron chi connectivity index (χ1n) is 3.67. The Morgan fingerprint density at radius 1 is 1.50 bits per heavy atom. The van der Waals surface area contributed by atoms with Crippen LogP contribution in [0.1, 0.15) is 26.7 Å². The third-order valence-corrected chi connectivity index (χ3v) is 0.803. The zero-order valence-electron chi connectivity index (χ0n) is 8.60. The summed E-state index contributed by atoms with van der Waals surface area (Å²) in [4.78, 5) is 33.0. The molecule has 0 rings (SSSR count). The molecule has 0 radical (unpaired) electrons. The van der Waals surface area contributed by atoms with Crippen LogP contribution in [0.5, 0.6) is 0 Å². The number of rotatable bonds is 3. The van der Waals surface area contributed by atoms with E-state index in [9.17, 15) is 4.79 Å². The predicted molar refractivity (Wildman–Crippen MR) is 43.6 cm³/mol. The Kier molecular flexibility index (Phi) is 16.7. The van der Waals surface area contributed by atoms with Crippen molar-refractivity contribution in [3.8, 4) is 0 Å². The first kappa shape index (κ1) is 20.1. The van der Waals surface area contributed by atoms with Crippen molar-refractivity contribution < 1.29 is 58.3 Å². The molecule has 0 atom stereocenters. The topological polar surface area (TPSA) is 107 Å². The number of esters is 1. The molecule has 0 unspecified atom stereocenters. The van der Waals surface area contributed by atoms with Gasteiger partial charge < -0.3 is 19.4 Å². The summed E-state index contributed by atoms with van der Waals surface area (Å²) in [6, 6.07) is 0. The zero-order valence-corrected chi connectivity index (χ0v) is 11.5. The van der Waals surface area contributed by atoms with E-state index in [4.69, 9.17) is 19.2 Å². The van der Waals surface area contributed by atoms with Crippen molar-refractivity contribution in [1.82, 2.24) is 0 Å². The van der Waals surface area contributed by atoms with Crippen LogP contribution in [0.25, 0.3) is 0 Å². The molecule has 0 aromatic rings. The first-order chi connectivity index (χ1) is 5.77. The number of ether oxygens (including phenoxy) is 1. The molecule has 8 heteroatoms. The SMILES string of the molecule is CCCCOC(C)=O.O=P([O-])(O)O.[Na+]. The normalized spacial score (nSPS) is 9.21. The van der Waals surface area contributed by atoms with Gasteiger partial charge in [-0.05, 0) is 6.42 Å². The summed E-state index contributed by atoms with van der Waals surface area (Å²) in [5, 5.41) is 0. The van der Waals surface area contributed by atoms with Gasteiger partial charge in [-0.2, -0.15) is 0 Å². The van der Waals surface area contributed by atoms with E-state index in [2.05, 4.69) is 11.7 Å². The van der Waals surface area contributed by atoms with Gasteiger partial charge in [-0.1, -0.05) is 13.3 Å². The standard InChI is InChI=1S/C6H12O2.Na.H3O4P/c1-3-4-5-8-6(2)7;;1-5(2,3)4/h3-5H2,1-2H3;;(H3,1,2,3,4)/q;+1;/p-1. The number of unbranched alkanes of at least 4 members (excludes halogenated alkanes) is 1. The van der Waals surface area contributed by atoms with E-state index < -0.39 is 7.82 Å². The van der Waals surface area contributed by atoms with Gasteiger partial charge in [0.25, 0.3) is 7.82 Å². The molecule has 0 bridgehead atoms. The maximum absolute atomic E-state index is 10.1. The number of carbonyl (C=O) groups is 1. The summed E-state index contributed by atoms with van der Waals surface area (Å²) in [6.45, 7) is 4.06. The zero-order chi connectivity index (χ0) is 10.9. The van der Waals surface area contributed by atoms with Gasteiger partial charge in [-0.15, -0.1) is 0 Å². The molecule has 80 valence electrons. The fourth-order valence-corrected chi connectivity index (χ4v) is 0.360. The molecule has 0 saturated carbocycles. The van der Waals surface area contributed by atoms with Crippen LogP contribution in [-0.4, -0.2) is 22.4 Å². The van der Waals surface area contributed by atoms with Crippen LogP contribution in [0.4, 0.5) is 0 Å². The van der Waals surface area contributed by atoms with E-state index in [1.165, 1.54) is 6.92 Å². The van der Waals surface area contributed by atoms with Crippen molar-refractivity contribution in [3.63, 3.8) is 0 Å². The van der Waals surface area contributed by atoms with Crippen LogP contribution < -0.4 is 34.5 Å². The molecule has 0 aromatic carbocycles. The summed E-state index contributed by atoms with van der Waals surface area (Å²) < 4.78 is 13.4. The third-order valence-electron chi connectivity index (χ3n) is 0.803. The average Bonchev–Trinajstić information content (AvgIpc) is 1.83. The molecule has 14 heavy (non-hydrogen) atoms. The molecule has 0 heterocycles. The minimum absolute atomic E-state index is 0. The molecule has 6 nitrogen and oxygen atoms in total. The van der Waals surface area contributed by atoms with E-state index in [1.807, 2.05) is 0 Å². The Hall–Kier alpha value is 0.580. The van der Waals surface area contributed by atoms with Gasteiger partial charge in [0.15, 0.2) is 0 Å². The van der Waals surface area contributed by atoms with Crippen LogP contribution >= 0.6 is 7.82 Å². The number of hydrogen-bond acceptors (Lipinski definition) is 4. The number of carbonyl (C=O) groups excluding carboxylic acids is 1. The van der Waals surface area contributed by atoms with Gasteiger partial charge in [-0.3, -0.25) is 9.36 Å². The van der Waals surface area contributed by atoms with Gasteiger partial charge in [0, 0.05) is 6.92 Å². The number of hydrogen-bond donors (Lipinski definition) is 2. The maximum Gasteiger partial charge on any atom is 1.00 e. The second-order valence-electron chi connectivity index (χ2n) is 2.18. The Morgan fingerprint density at radius 2 is 1.86 bits per heavy atom. The van der Waals surface area contributed by atoms with Gasteiger partial charge in [0.1, 0.15) is 0 Å². The predicted octanol–water partition coefficient (Wildman–Crippen LogP) is -3.21. The second-order valence-corrected chi connectivity index (χ2v) is 3.17. The van der Waals surface area contributed by atoms with Crippen molar-refractivity contribution in [2.24, 2.45) is 0 Å². The van der Waals surface area contributed by atoms with Gasteiger partial charge in [-0.25, -0.2) is 0 Å². The van der Waals surface area contributed by atoms with Crippen LogP contribution in [0.15, 0.2) is 0 Å². The molecule has 0 aromatic heterocycles. The summed E-state index contributed by atoms with van der Waals surface area (Å²) in [5.74, 6) is -0.182. The first-order valence-corrected chi connectivity index (χ1v) is 5.20. The fraction of sp³-hybridized carbons (Fsp3) is 0.833. The smallest absolute Gasteiger partial charge is 0.756 e.